The molecule has 38 heavy (non-hydrogen) atoms. The Bertz CT molecular complexity index is 1350. The van der Waals surface area contributed by atoms with Crippen molar-refractivity contribution in [1.29, 1.82) is 5.26 Å². The maximum atomic E-state index is 11.9. The smallest absolute Gasteiger partial charge is 0.308 e. The number of nitriles is 1. The molecule has 0 fully saturated rings. The molecule has 0 aliphatic heterocycles. The number of rotatable bonds is 12. The summed E-state index contributed by atoms with van der Waals surface area (Å²) in [5.74, 6) is -1.28. The van der Waals surface area contributed by atoms with Gasteiger partial charge in [0.25, 0.3) is 5.69 Å². The van der Waals surface area contributed by atoms with Crippen molar-refractivity contribution in [2.45, 2.75) is 27.2 Å². The summed E-state index contributed by atoms with van der Waals surface area (Å²) in [6.07, 6.45) is -0.00119. The molecule has 2 aromatic carbocycles. The van der Waals surface area contributed by atoms with Crippen molar-refractivity contribution >= 4 is 51.8 Å². The largest absolute Gasteiger partial charge is 0.458 e. The number of non-ortho nitro benzene ring substituents is 1. The highest BCUT2D eigenvalue weighted by Crippen LogP contribution is 2.38. The number of carbonyl (C=O) groups excluding carboxylic acids is 3. The molecule has 0 saturated carbocycles. The topological polar surface area (TPSA) is 210 Å². The Morgan fingerprint density at radius 2 is 1.82 bits per heavy atom. The van der Waals surface area contributed by atoms with Crippen LogP contribution in [0.2, 0.25) is 0 Å². The molecule has 198 valence electrons. The number of azo groups is 1. The van der Waals surface area contributed by atoms with Crippen LogP contribution in [-0.4, -0.2) is 47.2 Å². The Labute approximate surface area is 216 Å². The third kappa shape index (κ3) is 7.88. The van der Waals surface area contributed by atoms with E-state index < -0.39 is 44.3 Å². The predicted octanol–water partition coefficient (Wildman–Crippen LogP) is 4.10. The van der Waals surface area contributed by atoms with Gasteiger partial charge >= 0.3 is 11.7 Å². The average Bonchev–Trinajstić information content (AvgIpc) is 2.86. The van der Waals surface area contributed by atoms with Crippen LogP contribution in [-0.2, 0) is 19.1 Å². The van der Waals surface area contributed by atoms with Gasteiger partial charge in [0.1, 0.15) is 18.4 Å². The summed E-state index contributed by atoms with van der Waals surface area (Å²) in [4.78, 5) is 57.2. The first-order chi connectivity index (χ1) is 18.0. The number of carbonyl (C=O) groups is 3. The van der Waals surface area contributed by atoms with Crippen LogP contribution >= 0.6 is 0 Å². The van der Waals surface area contributed by atoms with Gasteiger partial charge in [0, 0.05) is 31.8 Å². The van der Waals surface area contributed by atoms with Crippen LogP contribution in [0.15, 0.2) is 40.6 Å². The number of nitro benzene ring substituents is 2. The number of nitro groups is 2. The third-order valence-electron chi connectivity index (χ3n) is 4.92. The summed E-state index contributed by atoms with van der Waals surface area (Å²) >= 11 is 0. The molecular formula is C23H23N7O8. The Hall–Kier alpha value is -5.26. The van der Waals surface area contributed by atoms with E-state index in [0.29, 0.717) is 18.3 Å². The SMILES string of the molecule is CCN(CCC(=O)OCC(C)=O)c1ccc(N=Nc2c(C#N)cc([N+](=O)[O-])cc2[N+](=O)[O-])c(NC(C)=O)c1. The van der Waals surface area contributed by atoms with Crippen LogP contribution in [0.3, 0.4) is 0 Å². The fourth-order valence-electron chi connectivity index (χ4n) is 3.19. The van der Waals surface area contributed by atoms with E-state index in [1.165, 1.54) is 19.9 Å². The molecule has 0 unspecified atom stereocenters. The fraction of sp³-hybridized carbons (Fsp3) is 0.304. The van der Waals surface area contributed by atoms with E-state index in [1.54, 1.807) is 23.1 Å². The number of Topliss-reactive ketones (excluding diaryl/α,β-unsaturated/α-hetero) is 1. The zero-order chi connectivity index (χ0) is 28.4. The maximum absolute atomic E-state index is 11.9. The Morgan fingerprint density at radius 3 is 2.37 bits per heavy atom. The lowest BCUT2D eigenvalue weighted by molar-refractivity contribution is -0.393. The number of hydrogen-bond acceptors (Lipinski definition) is 12. The number of nitrogens with one attached hydrogen (secondary N) is 1. The van der Waals surface area contributed by atoms with Gasteiger partial charge in [-0.3, -0.25) is 34.6 Å². The van der Waals surface area contributed by atoms with Crippen molar-refractivity contribution in [2.24, 2.45) is 10.2 Å². The first kappa shape index (κ1) is 29.0. The quantitative estimate of drug-likeness (QED) is 0.181. The summed E-state index contributed by atoms with van der Waals surface area (Å²) in [6, 6.07) is 7.79. The molecular weight excluding hydrogens is 502 g/mol. The van der Waals surface area contributed by atoms with Crippen molar-refractivity contribution in [3.05, 3.63) is 56.1 Å². The molecule has 0 aromatic heterocycles. The van der Waals surface area contributed by atoms with Crippen LogP contribution < -0.4 is 10.2 Å². The molecule has 0 atom stereocenters. The molecule has 1 amide bonds. The first-order valence-electron chi connectivity index (χ1n) is 11.1. The Morgan fingerprint density at radius 1 is 1.11 bits per heavy atom. The van der Waals surface area contributed by atoms with Crippen LogP contribution in [0.25, 0.3) is 0 Å². The minimum Gasteiger partial charge on any atom is -0.458 e. The summed E-state index contributed by atoms with van der Waals surface area (Å²) < 4.78 is 4.86. The molecule has 0 spiro atoms. The maximum Gasteiger partial charge on any atom is 0.308 e. The second-order valence-corrected chi connectivity index (χ2v) is 7.76. The predicted molar refractivity (Wildman–Crippen MR) is 134 cm³/mol. The summed E-state index contributed by atoms with van der Waals surface area (Å²) in [5.41, 5.74) is -1.50. The number of anilines is 2. The van der Waals surface area contributed by atoms with Crippen molar-refractivity contribution in [3.63, 3.8) is 0 Å². The third-order valence-corrected chi connectivity index (χ3v) is 4.92. The van der Waals surface area contributed by atoms with Crippen molar-refractivity contribution in [3.8, 4) is 6.07 Å². The van der Waals surface area contributed by atoms with E-state index in [2.05, 4.69) is 15.5 Å². The number of benzene rings is 2. The molecule has 15 heteroatoms. The second-order valence-electron chi connectivity index (χ2n) is 7.76. The van der Waals surface area contributed by atoms with Crippen LogP contribution in [0.4, 0.5) is 34.1 Å². The molecule has 1 N–H and O–H groups in total. The molecule has 0 heterocycles. The monoisotopic (exact) mass is 525 g/mol. The zero-order valence-electron chi connectivity index (χ0n) is 20.7. The number of ether oxygens (including phenoxy) is 1. The number of nitrogens with zero attached hydrogens (tertiary/aromatic N) is 6. The van der Waals surface area contributed by atoms with Gasteiger partial charge in [-0.2, -0.15) is 5.26 Å². The lowest BCUT2D eigenvalue weighted by Gasteiger charge is -2.23. The molecule has 2 aromatic rings. The number of amides is 1. The standard InChI is InChI=1S/C23H23N7O8/c1-4-28(8-7-22(33)38-13-14(2)31)17-5-6-19(20(10-17)25-15(3)32)26-27-23-16(12-24)9-18(29(34)35)11-21(23)30(36)37/h5-6,9-11H,4,7-8,13H2,1-3H3,(H,25,32). The minimum absolute atomic E-state index is 0.00119. The molecule has 0 aliphatic rings. The van der Waals surface area contributed by atoms with Gasteiger partial charge in [-0.05, 0) is 32.0 Å². The van der Waals surface area contributed by atoms with Gasteiger partial charge in [0.2, 0.25) is 5.91 Å². The molecule has 15 nitrogen and oxygen atoms in total. The van der Waals surface area contributed by atoms with Crippen LogP contribution in [0.1, 0.15) is 32.8 Å². The fourth-order valence-corrected chi connectivity index (χ4v) is 3.19. The van der Waals surface area contributed by atoms with Gasteiger partial charge in [-0.25, -0.2) is 0 Å². The number of ketones is 1. The van der Waals surface area contributed by atoms with Gasteiger partial charge in [-0.1, -0.05) is 0 Å². The lowest BCUT2D eigenvalue weighted by Crippen LogP contribution is -2.27. The molecule has 2 rings (SSSR count). The van der Waals surface area contributed by atoms with E-state index in [1.807, 2.05) is 6.92 Å². The second kappa shape index (κ2) is 13.2. The highest BCUT2D eigenvalue weighted by Gasteiger charge is 2.24. The van der Waals surface area contributed by atoms with Crippen LogP contribution in [0, 0.1) is 31.6 Å². The van der Waals surface area contributed by atoms with E-state index in [4.69, 9.17) is 4.74 Å². The van der Waals surface area contributed by atoms with E-state index >= 15 is 0 Å². The summed E-state index contributed by atoms with van der Waals surface area (Å²) in [6.45, 7) is 4.80. The average molecular weight is 525 g/mol. The summed E-state index contributed by atoms with van der Waals surface area (Å²) in [7, 11) is 0. The van der Waals surface area contributed by atoms with E-state index in [9.17, 15) is 39.9 Å². The Kier molecular flexibility index (Phi) is 10.0. The van der Waals surface area contributed by atoms with Gasteiger partial charge in [0.15, 0.2) is 11.5 Å². The van der Waals surface area contributed by atoms with E-state index in [0.717, 1.165) is 6.07 Å². The first-order valence-corrected chi connectivity index (χ1v) is 11.1. The lowest BCUT2D eigenvalue weighted by atomic mass is 10.1. The zero-order valence-corrected chi connectivity index (χ0v) is 20.7. The van der Waals surface area contributed by atoms with Gasteiger partial charge < -0.3 is 15.0 Å². The summed E-state index contributed by atoms with van der Waals surface area (Å²) in [5, 5.41) is 42.3. The van der Waals surface area contributed by atoms with Crippen molar-refractivity contribution in [2.75, 3.05) is 29.9 Å². The molecule has 0 bridgehead atoms. The Balaban J connectivity index is 2.43. The number of esters is 1. The molecule has 0 radical (unpaired) electrons. The minimum atomic E-state index is -0.916. The highest BCUT2D eigenvalue weighted by atomic mass is 16.6. The van der Waals surface area contributed by atoms with Gasteiger partial charge in [-0.15, -0.1) is 10.2 Å². The normalized spacial score (nSPS) is 10.5. The number of hydrogen-bond donors (Lipinski definition) is 1. The van der Waals surface area contributed by atoms with Crippen molar-refractivity contribution < 1.29 is 29.0 Å². The molecule has 0 saturated heterocycles. The molecule has 0 aliphatic carbocycles. The van der Waals surface area contributed by atoms with Crippen LogP contribution in [0.5, 0.6) is 0 Å². The van der Waals surface area contributed by atoms with E-state index in [-0.39, 0.29) is 36.7 Å². The van der Waals surface area contributed by atoms with Crippen molar-refractivity contribution in [1.82, 2.24) is 0 Å². The highest BCUT2D eigenvalue weighted by molar-refractivity contribution is 5.93. The van der Waals surface area contributed by atoms with Gasteiger partial charge in [0.05, 0.1) is 33.6 Å².